The minimum atomic E-state index is -2.95. The number of hydrogen-bond acceptors (Lipinski definition) is 3. The fraction of sp³-hybridized carbons (Fsp3) is 0.579. The summed E-state index contributed by atoms with van der Waals surface area (Å²) in [4.78, 5) is 23.1. The van der Waals surface area contributed by atoms with Gasteiger partial charge in [-0.1, -0.05) is 30.3 Å². The molecule has 0 saturated heterocycles. The normalized spacial score (nSPS) is 21.9. The van der Waals surface area contributed by atoms with Crippen LogP contribution in [0.5, 0.6) is 0 Å². The van der Waals surface area contributed by atoms with Crippen LogP contribution < -0.4 is 10.6 Å². The number of ether oxygens (including phenoxy) is 1. The Labute approximate surface area is 157 Å². The van der Waals surface area contributed by atoms with Gasteiger partial charge in [0.05, 0.1) is 12.1 Å². The van der Waals surface area contributed by atoms with Crippen molar-refractivity contribution in [3.05, 3.63) is 35.9 Å². The quantitative estimate of drug-likeness (QED) is 0.693. The number of hydrogen-bond donors (Lipinski definition) is 3. The van der Waals surface area contributed by atoms with Crippen molar-refractivity contribution in [3.63, 3.8) is 0 Å². The lowest BCUT2D eigenvalue weighted by molar-refractivity contribution is -0.0523. The second kappa shape index (κ2) is 8.54. The molecular formula is C19H26F2N2O4. The standard InChI is InChI=1S/C19H26F2N2O4/c1-18(2,10-8-13-6-4-3-5-7-13)27-17(26)23-14-9-11-19(20,21)12-15(14)22-16(24)25/h3-7,14-15,22H,8-12H2,1-2H3,(H,23,26)(H,24,25)/t14-,15+/m1/s1. The number of aryl methyl sites for hydroxylation is 1. The maximum Gasteiger partial charge on any atom is 0.407 e. The fourth-order valence-corrected chi connectivity index (χ4v) is 3.19. The Bertz CT molecular complexity index is 652. The van der Waals surface area contributed by atoms with Gasteiger partial charge in [-0.25, -0.2) is 18.4 Å². The van der Waals surface area contributed by atoms with E-state index in [9.17, 15) is 18.4 Å². The van der Waals surface area contributed by atoms with E-state index in [-0.39, 0.29) is 6.42 Å². The van der Waals surface area contributed by atoms with E-state index >= 15 is 0 Å². The summed E-state index contributed by atoms with van der Waals surface area (Å²) in [6.07, 6.45) is -1.92. The van der Waals surface area contributed by atoms with E-state index in [2.05, 4.69) is 10.6 Å². The number of halogens is 2. The van der Waals surface area contributed by atoms with Crippen LogP contribution in [0, 0.1) is 0 Å². The van der Waals surface area contributed by atoms with Crippen molar-refractivity contribution in [2.45, 2.75) is 69.6 Å². The highest BCUT2D eigenvalue weighted by molar-refractivity contribution is 5.69. The number of carboxylic acid groups (broad SMARTS) is 1. The number of carbonyl (C=O) groups is 2. The first-order valence-corrected chi connectivity index (χ1v) is 8.97. The molecule has 1 aromatic rings. The van der Waals surface area contributed by atoms with Gasteiger partial charge in [-0.05, 0) is 38.7 Å². The van der Waals surface area contributed by atoms with Gasteiger partial charge in [0.15, 0.2) is 0 Å². The molecule has 27 heavy (non-hydrogen) atoms. The Morgan fingerprint density at radius 1 is 1.22 bits per heavy atom. The molecule has 150 valence electrons. The smallest absolute Gasteiger partial charge is 0.407 e. The Balaban J connectivity index is 1.89. The highest BCUT2D eigenvalue weighted by atomic mass is 19.3. The Hall–Kier alpha value is -2.38. The molecule has 0 unspecified atom stereocenters. The van der Waals surface area contributed by atoms with Gasteiger partial charge in [0.25, 0.3) is 0 Å². The predicted octanol–water partition coefficient (Wildman–Crippen LogP) is 3.95. The van der Waals surface area contributed by atoms with E-state index in [0.717, 1.165) is 12.0 Å². The maximum atomic E-state index is 13.6. The molecule has 1 aliphatic rings. The molecule has 1 fully saturated rings. The van der Waals surface area contributed by atoms with Crippen molar-refractivity contribution in [1.82, 2.24) is 10.6 Å². The highest BCUT2D eigenvalue weighted by Crippen LogP contribution is 2.33. The maximum absolute atomic E-state index is 13.6. The molecule has 1 aromatic carbocycles. The lowest BCUT2D eigenvalue weighted by Gasteiger charge is -2.36. The van der Waals surface area contributed by atoms with Crippen LogP contribution in [-0.2, 0) is 11.2 Å². The summed E-state index contributed by atoms with van der Waals surface area (Å²) in [6.45, 7) is 3.55. The molecule has 2 rings (SSSR count). The fourth-order valence-electron chi connectivity index (χ4n) is 3.19. The molecule has 0 radical (unpaired) electrons. The third-order valence-electron chi connectivity index (χ3n) is 4.67. The third-order valence-corrected chi connectivity index (χ3v) is 4.67. The van der Waals surface area contributed by atoms with Gasteiger partial charge in [0, 0.05) is 12.8 Å². The topological polar surface area (TPSA) is 87.7 Å². The van der Waals surface area contributed by atoms with Crippen molar-refractivity contribution >= 4 is 12.2 Å². The summed E-state index contributed by atoms with van der Waals surface area (Å²) in [5.74, 6) is -2.95. The van der Waals surface area contributed by atoms with Gasteiger partial charge in [-0.2, -0.15) is 0 Å². The first-order chi connectivity index (χ1) is 12.6. The zero-order valence-corrected chi connectivity index (χ0v) is 15.5. The van der Waals surface area contributed by atoms with Crippen LogP contribution in [0.3, 0.4) is 0 Å². The van der Waals surface area contributed by atoms with E-state index in [1.807, 2.05) is 30.3 Å². The molecule has 2 atom stereocenters. The number of benzene rings is 1. The average molecular weight is 384 g/mol. The second-order valence-corrected chi connectivity index (χ2v) is 7.54. The summed E-state index contributed by atoms with van der Waals surface area (Å²) >= 11 is 0. The second-order valence-electron chi connectivity index (χ2n) is 7.54. The van der Waals surface area contributed by atoms with E-state index in [0.29, 0.717) is 6.42 Å². The molecule has 0 aliphatic heterocycles. The van der Waals surface area contributed by atoms with Crippen molar-refractivity contribution < 1.29 is 28.2 Å². The number of alkyl carbamates (subject to hydrolysis) is 1. The molecule has 0 aromatic heterocycles. The SMILES string of the molecule is CC(C)(CCc1ccccc1)OC(=O)N[C@@H]1CCC(F)(F)C[C@@H]1NC(=O)O. The molecule has 0 heterocycles. The first-order valence-electron chi connectivity index (χ1n) is 8.97. The summed E-state index contributed by atoms with van der Waals surface area (Å²) in [5.41, 5.74) is 0.364. The molecular weight excluding hydrogens is 358 g/mol. The lowest BCUT2D eigenvalue weighted by atomic mass is 9.87. The van der Waals surface area contributed by atoms with E-state index < -0.39 is 48.6 Å². The van der Waals surface area contributed by atoms with Crippen LogP contribution in [0.4, 0.5) is 18.4 Å². The minimum Gasteiger partial charge on any atom is -0.465 e. The first kappa shape index (κ1) is 20.9. The zero-order chi connectivity index (χ0) is 20.1. The van der Waals surface area contributed by atoms with Gasteiger partial charge < -0.3 is 20.5 Å². The minimum absolute atomic E-state index is 0.0303. The lowest BCUT2D eigenvalue weighted by Crippen LogP contribution is -2.57. The molecule has 6 nitrogen and oxygen atoms in total. The summed E-state index contributed by atoms with van der Waals surface area (Å²) in [5, 5.41) is 13.5. The Morgan fingerprint density at radius 2 is 1.89 bits per heavy atom. The number of rotatable bonds is 6. The summed E-state index contributed by atoms with van der Waals surface area (Å²) < 4.78 is 32.6. The Kier molecular flexibility index (Phi) is 6.62. The van der Waals surface area contributed by atoms with Crippen molar-refractivity contribution in [3.8, 4) is 0 Å². The predicted molar refractivity (Wildman–Crippen MR) is 96.0 cm³/mol. The number of alkyl halides is 2. The van der Waals surface area contributed by atoms with Crippen molar-refractivity contribution in [2.75, 3.05) is 0 Å². The molecule has 2 amide bonds. The van der Waals surface area contributed by atoms with Crippen molar-refractivity contribution in [2.24, 2.45) is 0 Å². The monoisotopic (exact) mass is 384 g/mol. The van der Waals surface area contributed by atoms with Gasteiger partial charge in [0.2, 0.25) is 5.92 Å². The van der Waals surface area contributed by atoms with E-state index in [1.165, 1.54) is 0 Å². The number of amides is 2. The summed E-state index contributed by atoms with van der Waals surface area (Å²) in [7, 11) is 0. The van der Waals surface area contributed by atoms with Crippen molar-refractivity contribution in [1.29, 1.82) is 0 Å². The van der Waals surface area contributed by atoms with Crippen LogP contribution in [-0.4, -0.2) is 40.9 Å². The van der Waals surface area contributed by atoms with Crippen LogP contribution in [0.2, 0.25) is 0 Å². The largest absolute Gasteiger partial charge is 0.465 e. The van der Waals surface area contributed by atoms with Gasteiger partial charge in [-0.15, -0.1) is 0 Å². The van der Waals surface area contributed by atoms with E-state index in [1.54, 1.807) is 13.8 Å². The molecule has 8 heteroatoms. The van der Waals surface area contributed by atoms with Gasteiger partial charge >= 0.3 is 12.2 Å². The molecule has 0 spiro atoms. The number of carbonyl (C=O) groups excluding carboxylic acids is 1. The molecule has 1 saturated carbocycles. The summed E-state index contributed by atoms with van der Waals surface area (Å²) in [6, 6.07) is 7.97. The van der Waals surface area contributed by atoms with Crippen LogP contribution in [0.1, 0.15) is 45.1 Å². The van der Waals surface area contributed by atoms with Gasteiger partial charge in [0.1, 0.15) is 5.60 Å². The number of nitrogens with one attached hydrogen (secondary N) is 2. The van der Waals surface area contributed by atoms with Crippen LogP contribution in [0.15, 0.2) is 30.3 Å². The van der Waals surface area contributed by atoms with Gasteiger partial charge in [-0.3, -0.25) is 0 Å². The van der Waals surface area contributed by atoms with Crippen LogP contribution >= 0.6 is 0 Å². The Morgan fingerprint density at radius 3 is 2.52 bits per heavy atom. The molecule has 0 bridgehead atoms. The molecule has 3 N–H and O–H groups in total. The van der Waals surface area contributed by atoms with Crippen LogP contribution in [0.25, 0.3) is 0 Å². The molecule has 1 aliphatic carbocycles. The van der Waals surface area contributed by atoms with E-state index in [4.69, 9.17) is 9.84 Å². The third kappa shape index (κ3) is 7.03. The average Bonchev–Trinajstić information content (AvgIpc) is 2.55. The highest BCUT2D eigenvalue weighted by Gasteiger charge is 2.43. The zero-order valence-electron chi connectivity index (χ0n) is 15.5.